The molecule has 0 atom stereocenters. The number of nitrogens with one attached hydrogen (secondary N) is 1. The van der Waals surface area contributed by atoms with Crippen molar-refractivity contribution in [3.63, 3.8) is 0 Å². The Morgan fingerprint density at radius 3 is 2.06 bits per heavy atom. The number of carbonyl (C=O) groups is 1. The number of benzene rings is 3. The first-order chi connectivity index (χ1) is 15.5. The van der Waals surface area contributed by atoms with E-state index in [9.17, 15) is 9.18 Å². The van der Waals surface area contributed by atoms with Gasteiger partial charge in [0.2, 0.25) is 0 Å². The van der Waals surface area contributed by atoms with Gasteiger partial charge in [-0.1, -0.05) is 38.1 Å². The van der Waals surface area contributed by atoms with E-state index in [4.69, 9.17) is 4.74 Å². The van der Waals surface area contributed by atoms with Gasteiger partial charge in [-0.2, -0.15) is 0 Å². The lowest BCUT2D eigenvalue weighted by Gasteiger charge is -2.09. The van der Waals surface area contributed by atoms with Crippen LogP contribution in [0.4, 0.5) is 10.1 Å². The smallest absolute Gasteiger partial charge is 0.321 e. The van der Waals surface area contributed by atoms with Gasteiger partial charge in [0.1, 0.15) is 11.6 Å². The summed E-state index contributed by atoms with van der Waals surface area (Å²) in [5.74, 6) is 0.385. The molecule has 5 nitrogen and oxygen atoms in total. The Bertz CT molecular complexity index is 1190. The molecule has 0 aliphatic carbocycles. The predicted octanol–water partition coefficient (Wildman–Crippen LogP) is 6.45. The van der Waals surface area contributed by atoms with Crippen molar-refractivity contribution >= 4 is 11.6 Å². The highest BCUT2D eigenvalue weighted by Crippen LogP contribution is 2.23. The molecule has 4 aromatic rings. The van der Waals surface area contributed by atoms with Gasteiger partial charge < -0.3 is 10.1 Å². The highest BCUT2D eigenvalue weighted by molar-refractivity contribution is 6.04. The van der Waals surface area contributed by atoms with Crippen molar-refractivity contribution in [2.24, 2.45) is 0 Å². The first kappa shape index (κ1) is 21.2. The number of halogens is 1. The summed E-state index contributed by atoms with van der Waals surface area (Å²) < 4.78 is 18.5. The van der Waals surface area contributed by atoms with Gasteiger partial charge in [0.05, 0.1) is 0 Å². The Labute approximate surface area is 185 Å². The number of carbonyl (C=O) groups excluding carboxylic acids is 1. The number of nitrogens with zero attached hydrogens (tertiary/aromatic N) is 2. The summed E-state index contributed by atoms with van der Waals surface area (Å²) in [5.41, 5.74) is 4.19. The molecule has 1 aromatic heterocycles. The van der Waals surface area contributed by atoms with Crippen LogP contribution in [0.3, 0.4) is 0 Å². The Morgan fingerprint density at radius 1 is 0.844 bits per heavy atom. The Balaban J connectivity index is 1.40. The molecule has 0 radical (unpaired) electrons. The van der Waals surface area contributed by atoms with Crippen LogP contribution in [-0.2, 0) is 0 Å². The molecule has 1 N–H and O–H groups in total. The summed E-state index contributed by atoms with van der Waals surface area (Å²) in [4.78, 5) is 20.9. The largest absolute Gasteiger partial charge is 0.424 e. The SMILES string of the molecule is CC(C)c1ccc(NC(=O)c2ccc(-c3cnc(Oc4ccc(F)cc4)nc3)cc2)cc1. The molecule has 0 saturated heterocycles. The highest BCUT2D eigenvalue weighted by atomic mass is 19.1. The van der Waals surface area contributed by atoms with Crippen LogP contribution >= 0.6 is 0 Å². The van der Waals surface area contributed by atoms with Gasteiger partial charge >= 0.3 is 6.01 Å². The van der Waals surface area contributed by atoms with E-state index in [2.05, 4.69) is 29.1 Å². The molecule has 32 heavy (non-hydrogen) atoms. The molecule has 0 fully saturated rings. The molecular weight excluding hydrogens is 405 g/mol. The van der Waals surface area contributed by atoms with Crippen molar-refractivity contribution in [2.75, 3.05) is 5.32 Å². The Morgan fingerprint density at radius 2 is 1.47 bits per heavy atom. The summed E-state index contributed by atoms with van der Waals surface area (Å²) in [6, 6.07) is 20.9. The lowest BCUT2D eigenvalue weighted by Crippen LogP contribution is -2.11. The number of rotatable bonds is 6. The molecule has 0 aliphatic rings. The third-order valence-electron chi connectivity index (χ3n) is 4.97. The maximum absolute atomic E-state index is 13.0. The van der Waals surface area contributed by atoms with Gasteiger partial charge in [-0.15, -0.1) is 0 Å². The van der Waals surface area contributed by atoms with Crippen LogP contribution in [0.5, 0.6) is 11.8 Å². The van der Waals surface area contributed by atoms with Gasteiger partial charge in [0.25, 0.3) is 5.91 Å². The fourth-order valence-corrected chi connectivity index (χ4v) is 3.09. The Kier molecular flexibility index (Phi) is 6.22. The van der Waals surface area contributed by atoms with Crippen LogP contribution in [0.15, 0.2) is 85.2 Å². The minimum absolute atomic E-state index is 0.167. The third kappa shape index (κ3) is 5.16. The fourth-order valence-electron chi connectivity index (χ4n) is 3.09. The van der Waals surface area contributed by atoms with Crippen molar-refractivity contribution in [3.05, 3.63) is 102 Å². The van der Waals surface area contributed by atoms with E-state index < -0.39 is 0 Å². The van der Waals surface area contributed by atoms with E-state index in [1.165, 1.54) is 29.8 Å². The van der Waals surface area contributed by atoms with Crippen LogP contribution in [0.1, 0.15) is 35.7 Å². The van der Waals surface area contributed by atoms with Crippen LogP contribution in [0.2, 0.25) is 0 Å². The van der Waals surface area contributed by atoms with E-state index in [-0.39, 0.29) is 17.7 Å². The number of amides is 1. The zero-order valence-electron chi connectivity index (χ0n) is 17.7. The summed E-state index contributed by atoms with van der Waals surface area (Å²) in [7, 11) is 0. The van der Waals surface area contributed by atoms with Crippen LogP contribution < -0.4 is 10.1 Å². The van der Waals surface area contributed by atoms with Crippen molar-refractivity contribution in [3.8, 4) is 22.9 Å². The molecule has 0 bridgehead atoms. The molecule has 1 amide bonds. The molecular formula is C26H22FN3O2. The maximum atomic E-state index is 13.0. The molecule has 0 aliphatic heterocycles. The summed E-state index contributed by atoms with van der Waals surface area (Å²) in [6.07, 6.45) is 3.27. The van der Waals surface area contributed by atoms with Gasteiger partial charge in [-0.25, -0.2) is 14.4 Å². The molecule has 0 saturated carbocycles. The topological polar surface area (TPSA) is 64.1 Å². The molecule has 0 unspecified atom stereocenters. The van der Waals surface area contributed by atoms with Gasteiger partial charge in [-0.3, -0.25) is 4.79 Å². The van der Waals surface area contributed by atoms with E-state index in [0.29, 0.717) is 17.2 Å². The predicted molar refractivity (Wildman–Crippen MR) is 122 cm³/mol. The normalized spacial score (nSPS) is 10.8. The average molecular weight is 427 g/mol. The molecule has 3 aromatic carbocycles. The maximum Gasteiger partial charge on any atom is 0.321 e. The van der Waals surface area contributed by atoms with E-state index in [0.717, 1.165) is 16.8 Å². The summed E-state index contributed by atoms with van der Waals surface area (Å²) in [5, 5.41) is 2.91. The Hall–Kier alpha value is -4.06. The molecule has 160 valence electrons. The first-order valence-corrected chi connectivity index (χ1v) is 10.2. The quantitative estimate of drug-likeness (QED) is 0.384. The number of aromatic nitrogens is 2. The third-order valence-corrected chi connectivity index (χ3v) is 4.97. The highest BCUT2D eigenvalue weighted by Gasteiger charge is 2.08. The molecule has 6 heteroatoms. The number of hydrogen-bond donors (Lipinski definition) is 1. The monoisotopic (exact) mass is 427 g/mol. The molecule has 4 rings (SSSR count). The molecule has 0 spiro atoms. The minimum Gasteiger partial charge on any atom is -0.424 e. The number of ether oxygens (including phenoxy) is 1. The fraction of sp³-hybridized carbons (Fsp3) is 0.115. The lowest BCUT2D eigenvalue weighted by atomic mass is 10.0. The molecule has 1 heterocycles. The van der Waals surface area contributed by atoms with Crippen LogP contribution in [0.25, 0.3) is 11.1 Å². The minimum atomic E-state index is -0.338. The van der Waals surface area contributed by atoms with E-state index in [1.807, 2.05) is 36.4 Å². The van der Waals surface area contributed by atoms with Gasteiger partial charge in [0.15, 0.2) is 0 Å². The van der Waals surface area contributed by atoms with Crippen molar-refractivity contribution in [1.29, 1.82) is 0 Å². The summed E-state index contributed by atoms with van der Waals surface area (Å²) in [6.45, 7) is 4.26. The standard InChI is InChI=1S/C26H22FN3O2/c1-17(2)18-7-11-23(12-8-18)30-25(31)20-5-3-19(4-6-20)21-15-28-26(29-16-21)32-24-13-9-22(27)10-14-24/h3-17H,1-2H3,(H,30,31). The van der Waals surface area contributed by atoms with E-state index >= 15 is 0 Å². The average Bonchev–Trinajstić information content (AvgIpc) is 2.81. The summed E-state index contributed by atoms with van der Waals surface area (Å²) >= 11 is 0. The van der Waals surface area contributed by atoms with Crippen LogP contribution in [0, 0.1) is 5.82 Å². The van der Waals surface area contributed by atoms with Crippen molar-refractivity contribution in [2.45, 2.75) is 19.8 Å². The van der Waals surface area contributed by atoms with Crippen molar-refractivity contribution in [1.82, 2.24) is 9.97 Å². The number of hydrogen-bond acceptors (Lipinski definition) is 4. The second-order valence-electron chi connectivity index (χ2n) is 7.62. The first-order valence-electron chi connectivity index (χ1n) is 10.2. The second kappa shape index (κ2) is 9.39. The van der Waals surface area contributed by atoms with Crippen molar-refractivity contribution < 1.29 is 13.9 Å². The second-order valence-corrected chi connectivity index (χ2v) is 7.62. The zero-order chi connectivity index (χ0) is 22.5. The van der Waals surface area contributed by atoms with E-state index in [1.54, 1.807) is 24.5 Å². The van der Waals surface area contributed by atoms with Gasteiger partial charge in [0, 0.05) is 29.2 Å². The zero-order valence-corrected chi connectivity index (χ0v) is 17.7. The van der Waals surface area contributed by atoms with Crippen LogP contribution in [-0.4, -0.2) is 15.9 Å². The lowest BCUT2D eigenvalue weighted by molar-refractivity contribution is 0.102. The number of anilines is 1. The van der Waals surface area contributed by atoms with Gasteiger partial charge in [-0.05, 0) is 65.6 Å².